The van der Waals surface area contributed by atoms with Crippen LogP contribution in [0.15, 0.2) is 61.2 Å². The lowest BCUT2D eigenvalue weighted by molar-refractivity contribution is -0.114. The maximum absolute atomic E-state index is 14.5. The number of aromatic nitrogens is 6. The van der Waals surface area contributed by atoms with Crippen LogP contribution >= 0.6 is 0 Å². The number of benzene rings is 1. The molecule has 1 aromatic carbocycles. The number of aryl methyl sites for hydroxylation is 2. The molecule has 0 fully saturated rings. The lowest BCUT2D eigenvalue weighted by Crippen LogP contribution is -2.24. The fraction of sp³-hybridized carbons (Fsp3) is 0.154. The van der Waals surface area contributed by atoms with Crippen LogP contribution < -0.4 is 10.6 Å². The van der Waals surface area contributed by atoms with Crippen molar-refractivity contribution in [2.24, 2.45) is 7.05 Å². The SMILES string of the molecule is CC(=O)Nc1cn2nc(-c3cnc(C)c(C(=O)NCc4cc(-c5cnn(C)c5)ccc4F)c3)ccc2n1. The van der Waals surface area contributed by atoms with Crippen LogP contribution in [0.4, 0.5) is 10.2 Å². The van der Waals surface area contributed by atoms with E-state index >= 15 is 0 Å². The summed E-state index contributed by atoms with van der Waals surface area (Å²) in [5.41, 5.74) is 4.65. The topological polar surface area (TPSA) is 119 Å². The third-order valence-corrected chi connectivity index (χ3v) is 5.77. The Kier molecular flexibility index (Phi) is 6.18. The average Bonchev–Trinajstić information content (AvgIpc) is 3.48. The van der Waals surface area contributed by atoms with E-state index in [2.05, 4.69) is 30.8 Å². The molecular weight excluding hydrogens is 475 g/mol. The zero-order valence-corrected chi connectivity index (χ0v) is 20.4. The Balaban J connectivity index is 1.36. The van der Waals surface area contributed by atoms with E-state index in [9.17, 15) is 14.0 Å². The van der Waals surface area contributed by atoms with Gasteiger partial charge in [-0.05, 0) is 42.8 Å². The summed E-state index contributed by atoms with van der Waals surface area (Å²) in [6, 6.07) is 9.97. The van der Waals surface area contributed by atoms with Crippen molar-refractivity contribution in [2.75, 3.05) is 5.32 Å². The number of amides is 2. The van der Waals surface area contributed by atoms with Gasteiger partial charge < -0.3 is 10.6 Å². The molecule has 0 unspecified atom stereocenters. The van der Waals surface area contributed by atoms with E-state index in [1.54, 1.807) is 60.5 Å². The molecule has 11 heteroatoms. The molecule has 0 atom stereocenters. The summed E-state index contributed by atoms with van der Waals surface area (Å²) in [4.78, 5) is 33.0. The van der Waals surface area contributed by atoms with Gasteiger partial charge >= 0.3 is 0 Å². The van der Waals surface area contributed by atoms with Gasteiger partial charge in [0, 0.05) is 49.6 Å². The minimum Gasteiger partial charge on any atom is -0.348 e. The lowest BCUT2D eigenvalue weighted by Gasteiger charge is -2.11. The zero-order valence-electron chi connectivity index (χ0n) is 20.4. The third-order valence-electron chi connectivity index (χ3n) is 5.77. The number of nitrogens with zero attached hydrogens (tertiary/aromatic N) is 6. The zero-order chi connectivity index (χ0) is 26.1. The summed E-state index contributed by atoms with van der Waals surface area (Å²) in [5.74, 6) is -0.632. The molecule has 5 rings (SSSR count). The summed E-state index contributed by atoms with van der Waals surface area (Å²) >= 11 is 0. The minimum absolute atomic E-state index is 0.00755. The van der Waals surface area contributed by atoms with Gasteiger partial charge in [0.1, 0.15) is 5.82 Å². The maximum atomic E-state index is 14.5. The van der Waals surface area contributed by atoms with E-state index in [4.69, 9.17) is 0 Å². The highest BCUT2D eigenvalue weighted by Crippen LogP contribution is 2.23. The monoisotopic (exact) mass is 498 g/mol. The molecule has 0 saturated carbocycles. The molecule has 4 aromatic heterocycles. The summed E-state index contributed by atoms with van der Waals surface area (Å²) in [6.45, 7) is 3.14. The van der Waals surface area contributed by atoms with Gasteiger partial charge in [0.25, 0.3) is 5.91 Å². The van der Waals surface area contributed by atoms with E-state index < -0.39 is 5.82 Å². The van der Waals surface area contributed by atoms with Crippen molar-refractivity contribution < 1.29 is 14.0 Å². The largest absolute Gasteiger partial charge is 0.348 e. The van der Waals surface area contributed by atoms with Gasteiger partial charge in [-0.25, -0.2) is 13.9 Å². The van der Waals surface area contributed by atoms with Crippen LogP contribution in [0.25, 0.3) is 28.0 Å². The van der Waals surface area contributed by atoms with Crippen molar-refractivity contribution in [1.29, 1.82) is 0 Å². The number of anilines is 1. The number of fused-ring (bicyclic) bond motifs is 1. The van der Waals surface area contributed by atoms with E-state index in [1.807, 2.05) is 13.2 Å². The first-order valence-electron chi connectivity index (χ1n) is 11.4. The molecule has 37 heavy (non-hydrogen) atoms. The van der Waals surface area contributed by atoms with Crippen LogP contribution in [0.1, 0.15) is 28.5 Å². The van der Waals surface area contributed by atoms with Crippen molar-refractivity contribution >= 4 is 23.3 Å². The van der Waals surface area contributed by atoms with Crippen molar-refractivity contribution in [3.63, 3.8) is 0 Å². The quantitative estimate of drug-likeness (QED) is 0.370. The van der Waals surface area contributed by atoms with Crippen molar-refractivity contribution in [3.8, 4) is 22.4 Å². The summed E-state index contributed by atoms with van der Waals surface area (Å²) in [7, 11) is 1.81. The van der Waals surface area contributed by atoms with Crippen molar-refractivity contribution in [3.05, 3.63) is 83.8 Å². The van der Waals surface area contributed by atoms with Gasteiger partial charge in [-0.3, -0.25) is 19.3 Å². The number of hydrogen-bond acceptors (Lipinski definition) is 6. The summed E-state index contributed by atoms with van der Waals surface area (Å²) < 4.78 is 17.7. The van der Waals surface area contributed by atoms with E-state index in [-0.39, 0.29) is 18.4 Å². The van der Waals surface area contributed by atoms with E-state index in [0.29, 0.717) is 39.5 Å². The smallest absolute Gasteiger partial charge is 0.253 e. The normalized spacial score (nSPS) is 11.0. The van der Waals surface area contributed by atoms with Crippen LogP contribution in [-0.4, -0.2) is 41.2 Å². The summed E-state index contributed by atoms with van der Waals surface area (Å²) in [6.07, 6.45) is 6.77. The molecule has 10 nitrogen and oxygen atoms in total. The molecule has 0 bridgehead atoms. The first-order chi connectivity index (χ1) is 17.8. The van der Waals surface area contributed by atoms with Crippen LogP contribution in [0.5, 0.6) is 0 Å². The number of halogens is 1. The van der Waals surface area contributed by atoms with Crippen molar-refractivity contribution in [1.82, 2.24) is 34.7 Å². The Morgan fingerprint density at radius 1 is 1.03 bits per heavy atom. The van der Waals surface area contributed by atoms with Crippen LogP contribution in [-0.2, 0) is 18.4 Å². The Hall–Kier alpha value is -4.93. The van der Waals surface area contributed by atoms with Crippen molar-refractivity contribution in [2.45, 2.75) is 20.4 Å². The molecule has 0 aliphatic carbocycles. The number of pyridine rings is 1. The second-order valence-electron chi connectivity index (χ2n) is 8.58. The molecule has 0 aliphatic rings. The maximum Gasteiger partial charge on any atom is 0.253 e. The summed E-state index contributed by atoms with van der Waals surface area (Å²) in [5, 5.41) is 14.1. The molecule has 5 aromatic rings. The Morgan fingerprint density at radius 3 is 2.62 bits per heavy atom. The van der Waals surface area contributed by atoms with E-state index in [1.165, 1.54) is 17.5 Å². The highest BCUT2D eigenvalue weighted by Gasteiger charge is 2.15. The number of carbonyl (C=O) groups excluding carboxylic acids is 2. The molecule has 186 valence electrons. The number of rotatable bonds is 6. The van der Waals surface area contributed by atoms with Gasteiger partial charge in [0.15, 0.2) is 11.5 Å². The van der Waals surface area contributed by atoms with Gasteiger partial charge in [-0.1, -0.05) is 6.07 Å². The number of hydrogen-bond donors (Lipinski definition) is 2. The molecule has 2 N–H and O–H groups in total. The fourth-order valence-corrected chi connectivity index (χ4v) is 3.91. The standard InChI is InChI=1S/C26H23FN8O2/c1-15-21(26(37)29-10-18-8-17(4-5-22(18)27)20-12-30-34(3)13-20)9-19(11-28-15)23-6-7-25-32-24(31-16(2)36)14-35(25)33-23/h4-9,11-14H,10H2,1-3H3,(H,29,37)(H,31,36). The average molecular weight is 499 g/mol. The molecule has 4 heterocycles. The molecule has 0 aliphatic heterocycles. The van der Waals surface area contributed by atoms with Crippen LogP contribution in [0, 0.1) is 12.7 Å². The molecular formula is C26H23FN8O2. The molecule has 2 amide bonds. The number of imidazole rings is 1. The molecule has 0 radical (unpaired) electrons. The van der Waals surface area contributed by atoms with Crippen LogP contribution in [0.2, 0.25) is 0 Å². The Bertz CT molecular complexity index is 1660. The fourth-order valence-electron chi connectivity index (χ4n) is 3.91. The van der Waals surface area contributed by atoms with Gasteiger partial charge in [-0.2, -0.15) is 10.2 Å². The first kappa shape index (κ1) is 23.8. The lowest BCUT2D eigenvalue weighted by atomic mass is 10.1. The van der Waals surface area contributed by atoms with E-state index in [0.717, 1.165) is 11.1 Å². The Labute approximate surface area is 211 Å². The highest BCUT2D eigenvalue weighted by atomic mass is 19.1. The number of nitrogens with one attached hydrogen (secondary N) is 2. The highest BCUT2D eigenvalue weighted by molar-refractivity contribution is 5.96. The first-order valence-corrected chi connectivity index (χ1v) is 11.4. The predicted octanol–water partition coefficient (Wildman–Crippen LogP) is 3.53. The Morgan fingerprint density at radius 2 is 1.86 bits per heavy atom. The predicted molar refractivity (Wildman–Crippen MR) is 135 cm³/mol. The minimum atomic E-state index is -0.409. The van der Waals surface area contributed by atoms with Gasteiger partial charge in [0.2, 0.25) is 5.91 Å². The molecule has 0 spiro atoms. The van der Waals surface area contributed by atoms with Crippen LogP contribution in [0.3, 0.4) is 0 Å². The number of carbonyl (C=O) groups is 2. The third kappa shape index (κ3) is 5.06. The second kappa shape index (κ2) is 9.61. The molecule has 0 saturated heterocycles. The van der Waals surface area contributed by atoms with Gasteiger partial charge in [0.05, 0.1) is 29.3 Å². The second-order valence-corrected chi connectivity index (χ2v) is 8.58. The van der Waals surface area contributed by atoms with Gasteiger partial charge in [-0.15, -0.1) is 0 Å².